The Morgan fingerprint density at radius 3 is 2.78 bits per heavy atom. The van der Waals surface area contributed by atoms with Crippen LogP contribution in [0, 0.1) is 0 Å². The van der Waals surface area contributed by atoms with Crippen LogP contribution in [-0.4, -0.2) is 57.0 Å². The van der Waals surface area contributed by atoms with E-state index in [9.17, 15) is 5.11 Å². The summed E-state index contributed by atoms with van der Waals surface area (Å²) < 4.78 is 21.7. The molecule has 5 atom stereocenters. The second kappa shape index (κ2) is 5.17. The molecule has 0 aromatic carbocycles. The normalized spacial score (nSPS) is 42.4. The lowest BCUT2D eigenvalue weighted by Crippen LogP contribution is -2.45. The summed E-state index contributed by atoms with van der Waals surface area (Å²) in [4.78, 5) is 0. The van der Waals surface area contributed by atoms with Gasteiger partial charge >= 0.3 is 0 Å². The molecular formula is C12H17BO5. The molecule has 18 heavy (non-hydrogen) atoms. The lowest BCUT2D eigenvalue weighted by atomic mass is 9.80. The van der Waals surface area contributed by atoms with Crippen LogP contribution in [-0.2, 0) is 18.9 Å². The minimum Gasteiger partial charge on any atom is -0.394 e. The van der Waals surface area contributed by atoms with E-state index in [4.69, 9.17) is 26.8 Å². The second-order valence-electron chi connectivity index (χ2n) is 4.62. The number of rotatable bonds is 3. The molecule has 0 aromatic rings. The number of fused-ring (bicyclic) bond motifs is 1. The van der Waals surface area contributed by atoms with E-state index in [2.05, 4.69) is 5.73 Å². The van der Waals surface area contributed by atoms with Gasteiger partial charge < -0.3 is 24.1 Å². The van der Waals surface area contributed by atoms with Crippen molar-refractivity contribution in [2.75, 3.05) is 13.7 Å². The third-order valence-electron chi connectivity index (χ3n) is 3.07. The molecule has 0 spiro atoms. The molecule has 2 aliphatic rings. The Hall–Kier alpha value is -0.615. The minimum absolute atomic E-state index is 0.192. The Kier molecular flexibility index (Phi) is 3.97. The second-order valence-corrected chi connectivity index (χ2v) is 4.62. The van der Waals surface area contributed by atoms with Crippen LogP contribution in [0.1, 0.15) is 13.8 Å². The van der Waals surface area contributed by atoms with Crippen LogP contribution in [0.4, 0.5) is 0 Å². The van der Waals surface area contributed by atoms with Crippen molar-refractivity contribution >= 4 is 7.85 Å². The van der Waals surface area contributed by atoms with Crippen molar-refractivity contribution in [3.05, 3.63) is 17.4 Å². The number of ether oxygens (including phenoxy) is 4. The van der Waals surface area contributed by atoms with E-state index in [1.165, 1.54) is 7.11 Å². The van der Waals surface area contributed by atoms with Crippen LogP contribution in [0.25, 0.3) is 0 Å². The van der Waals surface area contributed by atoms with Gasteiger partial charge in [-0.15, -0.1) is 5.73 Å². The van der Waals surface area contributed by atoms with E-state index in [0.717, 1.165) is 5.57 Å². The van der Waals surface area contributed by atoms with Crippen molar-refractivity contribution < 1.29 is 24.1 Å². The first-order valence-corrected chi connectivity index (χ1v) is 5.82. The quantitative estimate of drug-likeness (QED) is 0.569. The lowest BCUT2D eigenvalue weighted by Gasteiger charge is -2.25. The Balaban J connectivity index is 2.36. The smallest absolute Gasteiger partial charge is 0.272 e. The summed E-state index contributed by atoms with van der Waals surface area (Å²) in [5.41, 5.74) is 3.07. The average molecular weight is 252 g/mol. The third-order valence-corrected chi connectivity index (χ3v) is 3.07. The highest BCUT2D eigenvalue weighted by molar-refractivity contribution is 6.12. The van der Waals surface area contributed by atoms with Crippen LogP contribution in [0.15, 0.2) is 17.4 Å². The number of hydrogen-bond acceptors (Lipinski definition) is 5. The summed E-state index contributed by atoms with van der Waals surface area (Å²) in [5.74, 6) is 0. The molecule has 2 radical (unpaired) electrons. The SMILES string of the molecule is [B][C@@H]1O[C@H](CO)[C@@H]2OC(OC)OC12C=C=C(C)C. The van der Waals surface area contributed by atoms with Crippen LogP contribution in [0.3, 0.4) is 0 Å². The molecule has 0 amide bonds. The summed E-state index contributed by atoms with van der Waals surface area (Å²) >= 11 is 0. The van der Waals surface area contributed by atoms with Gasteiger partial charge in [0.2, 0.25) is 0 Å². The number of aliphatic hydroxyl groups excluding tert-OH is 1. The molecule has 0 saturated carbocycles. The van der Waals surface area contributed by atoms with Crippen LogP contribution in [0.5, 0.6) is 0 Å². The molecule has 5 nitrogen and oxygen atoms in total. The Labute approximate surface area is 108 Å². The fourth-order valence-electron chi connectivity index (χ4n) is 2.16. The zero-order valence-electron chi connectivity index (χ0n) is 10.8. The van der Waals surface area contributed by atoms with Crippen LogP contribution >= 0.6 is 0 Å². The monoisotopic (exact) mass is 252 g/mol. The van der Waals surface area contributed by atoms with Crippen molar-refractivity contribution in [2.24, 2.45) is 0 Å². The number of methoxy groups -OCH3 is 1. The molecule has 0 bridgehead atoms. The fraction of sp³-hybridized carbons (Fsp3) is 0.750. The minimum atomic E-state index is -0.967. The third kappa shape index (κ3) is 2.16. The summed E-state index contributed by atoms with van der Waals surface area (Å²) in [6.45, 7) is 2.82. The predicted molar refractivity (Wildman–Crippen MR) is 63.9 cm³/mol. The first-order chi connectivity index (χ1) is 8.53. The Morgan fingerprint density at radius 1 is 1.50 bits per heavy atom. The van der Waals surface area contributed by atoms with Gasteiger partial charge in [-0.3, -0.25) is 0 Å². The molecule has 1 N–H and O–H groups in total. The number of hydrogen-bond donors (Lipinski definition) is 1. The summed E-state index contributed by atoms with van der Waals surface area (Å²) in [6.07, 6.45) is 0.663. The van der Waals surface area contributed by atoms with Crippen LogP contribution in [0.2, 0.25) is 0 Å². The van der Waals surface area contributed by atoms with Crippen molar-refractivity contribution in [1.29, 1.82) is 0 Å². The highest BCUT2D eigenvalue weighted by Gasteiger charge is 2.61. The molecule has 2 unspecified atom stereocenters. The largest absolute Gasteiger partial charge is 0.394 e. The molecule has 0 aromatic heterocycles. The summed E-state index contributed by atoms with van der Waals surface area (Å²) in [6, 6.07) is -0.730. The Morgan fingerprint density at radius 2 is 2.22 bits per heavy atom. The van der Waals surface area contributed by atoms with Crippen molar-refractivity contribution in [3.63, 3.8) is 0 Å². The van der Waals surface area contributed by atoms with Gasteiger partial charge in [-0.05, 0) is 25.5 Å². The van der Waals surface area contributed by atoms with Gasteiger partial charge in [-0.1, -0.05) is 0 Å². The highest BCUT2D eigenvalue weighted by atomic mass is 16.9. The molecule has 2 saturated heterocycles. The molecule has 2 aliphatic heterocycles. The van der Waals surface area contributed by atoms with E-state index >= 15 is 0 Å². The maximum absolute atomic E-state index is 9.29. The van der Waals surface area contributed by atoms with E-state index in [1.54, 1.807) is 6.08 Å². The maximum atomic E-state index is 9.29. The summed E-state index contributed by atoms with van der Waals surface area (Å²) in [5, 5.41) is 9.29. The van der Waals surface area contributed by atoms with Gasteiger partial charge in [0.05, 0.1) is 12.6 Å². The fourth-order valence-corrected chi connectivity index (χ4v) is 2.16. The Bertz CT molecular complexity index is 375. The van der Waals surface area contributed by atoms with Gasteiger partial charge in [0, 0.05) is 7.11 Å². The molecule has 98 valence electrons. The van der Waals surface area contributed by atoms with Gasteiger partial charge in [-0.2, -0.15) is 0 Å². The van der Waals surface area contributed by atoms with Gasteiger partial charge in [0.25, 0.3) is 6.48 Å². The zero-order valence-corrected chi connectivity index (χ0v) is 10.8. The molecule has 2 fully saturated rings. The van der Waals surface area contributed by atoms with Gasteiger partial charge in [-0.25, -0.2) is 0 Å². The van der Waals surface area contributed by atoms with Gasteiger partial charge in [0.1, 0.15) is 25.7 Å². The topological polar surface area (TPSA) is 57.2 Å². The van der Waals surface area contributed by atoms with Crippen molar-refractivity contribution in [2.45, 2.75) is 44.1 Å². The highest BCUT2D eigenvalue weighted by Crippen LogP contribution is 2.43. The molecule has 2 rings (SSSR count). The molecule has 6 heteroatoms. The van der Waals surface area contributed by atoms with E-state index in [1.807, 2.05) is 13.8 Å². The molecule has 2 heterocycles. The van der Waals surface area contributed by atoms with E-state index in [-0.39, 0.29) is 6.61 Å². The lowest BCUT2D eigenvalue weighted by molar-refractivity contribution is -0.254. The first-order valence-electron chi connectivity index (χ1n) is 5.82. The van der Waals surface area contributed by atoms with E-state index in [0.29, 0.717) is 0 Å². The first kappa shape index (κ1) is 13.8. The maximum Gasteiger partial charge on any atom is 0.272 e. The standard InChI is InChI=1S/C12H17BO5/c1-7(2)4-5-12-9(17-11(15-3)18-12)8(6-14)16-10(12)13/h5,8-11,14H,6H2,1-3H3/t8-,9+,10-,11?,12?/m1/s1. The summed E-state index contributed by atoms with van der Waals surface area (Å²) in [7, 11) is 7.43. The predicted octanol–water partition coefficient (Wildman–Crippen LogP) is 0.0776. The van der Waals surface area contributed by atoms with Crippen molar-refractivity contribution in [3.8, 4) is 0 Å². The van der Waals surface area contributed by atoms with Crippen LogP contribution < -0.4 is 0 Å². The zero-order chi connectivity index (χ0) is 13.3. The van der Waals surface area contributed by atoms with E-state index < -0.39 is 30.3 Å². The molecule has 0 aliphatic carbocycles. The van der Waals surface area contributed by atoms with Gasteiger partial charge in [0.15, 0.2) is 0 Å². The van der Waals surface area contributed by atoms with Crippen molar-refractivity contribution in [1.82, 2.24) is 0 Å². The average Bonchev–Trinajstić information content (AvgIpc) is 2.83. The number of aliphatic hydroxyl groups is 1. The molecular weight excluding hydrogens is 235 g/mol.